The Kier molecular flexibility index (Phi) is 3.99. The normalized spacial score (nSPS) is 12.6. The standard InChI is InChI=1S/C12H13F2N3O/c1-8(10-6-9(13)2-3-11(10)14)15-5-4-12-16-7-18-17-12/h2-3,6-8,15H,4-5H2,1H3. The molecule has 1 aromatic heterocycles. The van der Waals surface area contributed by atoms with Crippen molar-refractivity contribution in [1.29, 1.82) is 0 Å². The molecule has 2 aromatic rings. The Labute approximate surface area is 103 Å². The van der Waals surface area contributed by atoms with Gasteiger partial charge in [-0.2, -0.15) is 4.98 Å². The van der Waals surface area contributed by atoms with Gasteiger partial charge < -0.3 is 9.84 Å². The maximum atomic E-state index is 13.5. The van der Waals surface area contributed by atoms with Crippen LogP contribution in [0.5, 0.6) is 0 Å². The molecule has 0 fully saturated rings. The predicted molar refractivity (Wildman–Crippen MR) is 60.8 cm³/mol. The minimum Gasteiger partial charge on any atom is -0.343 e. The molecule has 0 bridgehead atoms. The highest BCUT2D eigenvalue weighted by atomic mass is 19.1. The van der Waals surface area contributed by atoms with Crippen LogP contribution in [0, 0.1) is 11.6 Å². The van der Waals surface area contributed by atoms with E-state index in [0.29, 0.717) is 24.4 Å². The fourth-order valence-corrected chi connectivity index (χ4v) is 1.66. The highest BCUT2D eigenvalue weighted by molar-refractivity contribution is 5.21. The topological polar surface area (TPSA) is 51.0 Å². The summed E-state index contributed by atoms with van der Waals surface area (Å²) in [6.45, 7) is 2.32. The lowest BCUT2D eigenvalue weighted by Crippen LogP contribution is -2.22. The van der Waals surface area contributed by atoms with Gasteiger partial charge in [-0.3, -0.25) is 0 Å². The van der Waals surface area contributed by atoms with Crippen LogP contribution in [0.2, 0.25) is 0 Å². The lowest BCUT2D eigenvalue weighted by molar-refractivity contribution is 0.408. The van der Waals surface area contributed by atoms with Crippen LogP contribution < -0.4 is 5.32 Å². The number of hydrogen-bond donors (Lipinski definition) is 1. The Morgan fingerprint density at radius 2 is 2.22 bits per heavy atom. The van der Waals surface area contributed by atoms with Crippen LogP contribution in [0.4, 0.5) is 8.78 Å². The molecule has 0 aliphatic carbocycles. The summed E-state index contributed by atoms with van der Waals surface area (Å²) in [5, 5.41) is 6.73. The van der Waals surface area contributed by atoms with Gasteiger partial charge in [0.05, 0.1) is 0 Å². The van der Waals surface area contributed by atoms with Gasteiger partial charge >= 0.3 is 0 Å². The summed E-state index contributed by atoms with van der Waals surface area (Å²) in [6, 6.07) is 3.14. The van der Waals surface area contributed by atoms with Crippen LogP contribution >= 0.6 is 0 Å². The number of rotatable bonds is 5. The molecule has 0 saturated carbocycles. The van der Waals surface area contributed by atoms with E-state index in [2.05, 4.69) is 20.0 Å². The van der Waals surface area contributed by atoms with Crippen molar-refractivity contribution in [3.8, 4) is 0 Å². The second kappa shape index (κ2) is 5.68. The Morgan fingerprint density at radius 1 is 1.39 bits per heavy atom. The average Bonchev–Trinajstić information content (AvgIpc) is 2.85. The molecule has 2 rings (SSSR count). The summed E-state index contributed by atoms with van der Waals surface area (Å²) in [7, 11) is 0. The highest BCUT2D eigenvalue weighted by Crippen LogP contribution is 2.17. The van der Waals surface area contributed by atoms with Gasteiger partial charge in [0.15, 0.2) is 5.82 Å². The van der Waals surface area contributed by atoms with Crippen molar-refractivity contribution in [3.63, 3.8) is 0 Å². The predicted octanol–water partition coefficient (Wildman–Crippen LogP) is 2.24. The zero-order valence-corrected chi connectivity index (χ0v) is 9.86. The Hall–Kier alpha value is -1.82. The van der Waals surface area contributed by atoms with E-state index in [9.17, 15) is 8.78 Å². The molecule has 96 valence electrons. The van der Waals surface area contributed by atoms with Crippen LogP contribution in [0.25, 0.3) is 0 Å². The molecule has 0 radical (unpaired) electrons. The van der Waals surface area contributed by atoms with E-state index in [4.69, 9.17) is 0 Å². The number of hydrogen-bond acceptors (Lipinski definition) is 4. The van der Waals surface area contributed by atoms with Gasteiger partial charge in [0.25, 0.3) is 0 Å². The molecule has 1 aromatic carbocycles. The number of nitrogens with zero attached hydrogens (tertiary/aromatic N) is 2. The van der Waals surface area contributed by atoms with E-state index >= 15 is 0 Å². The van der Waals surface area contributed by atoms with Crippen molar-refractivity contribution in [1.82, 2.24) is 15.5 Å². The molecule has 0 saturated heterocycles. The maximum absolute atomic E-state index is 13.5. The van der Waals surface area contributed by atoms with Gasteiger partial charge in [-0.1, -0.05) is 5.16 Å². The Bertz CT molecular complexity index is 502. The fraction of sp³-hybridized carbons (Fsp3) is 0.333. The number of aromatic nitrogens is 2. The molecule has 0 aliphatic rings. The van der Waals surface area contributed by atoms with Crippen molar-refractivity contribution in [2.45, 2.75) is 19.4 Å². The van der Waals surface area contributed by atoms with E-state index in [0.717, 1.165) is 12.1 Å². The second-order valence-electron chi connectivity index (χ2n) is 3.94. The molecule has 0 spiro atoms. The molecular weight excluding hydrogens is 240 g/mol. The zero-order valence-electron chi connectivity index (χ0n) is 9.86. The lowest BCUT2D eigenvalue weighted by atomic mass is 10.1. The number of halogens is 2. The molecule has 1 heterocycles. The smallest absolute Gasteiger partial charge is 0.213 e. The second-order valence-corrected chi connectivity index (χ2v) is 3.94. The van der Waals surface area contributed by atoms with Crippen molar-refractivity contribution in [2.24, 2.45) is 0 Å². The molecule has 1 unspecified atom stereocenters. The monoisotopic (exact) mass is 253 g/mol. The zero-order chi connectivity index (χ0) is 13.0. The van der Waals surface area contributed by atoms with E-state index in [1.54, 1.807) is 6.92 Å². The summed E-state index contributed by atoms with van der Waals surface area (Å²) in [6.07, 6.45) is 1.82. The van der Waals surface area contributed by atoms with Crippen molar-refractivity contribution < 1.29 is 13.3 Å². The van der Waals surface area contributed by atoms with E-state index in [1.165, 1.54) is 12.5 Å². The van der Waals surface area contributed by atoms with E-state index in [1.807, 2.05) is 0 Å². The van der Waals surface area contributed by atoms with Gasteiger partial charge in [0.1, 0.15) is 11.6 Å². The maximum Gasteiger partial charge on any atom is 0.213 e. The van der Waals surface area contributed by atoms with Gasteiger partial charge in [-0.25, -0.2) is 8.78 Å². The van der Waals surface area contributed by atoms with Crippen LogP contribution in [-0.4, -0.2) is 16.7 Å². The quantitative estimate of drug-likeness (QED) is 0.887. The molecule has 1 atom stereocenters. The molecule has 0 aliphatic heterocycles. The SMILES string of the molecule is CC(NCCc1ncon1)c1cc(F)ccc1F. The first-order chi connectivity index (χ1) is 8.66. The van der Waals surface area contributed by atoms with Crippen LogP contribution in [-0.2, 0) is 6.42 Å². The molecule has 6 heteroatoms. The van der Waals surface area contributed by atoms with E-state index < -0.39 is 11.6 Å². The van der Waals surface area contributed by atoms with Gasteiger partial charge in [0.2, 0.25) is 6.39 Å². The van der Waals surface area contributed by atoms with E-state index in [-0.39, 0.29) is 6.04 Å². The summed E-state index contributed by atoms with van der Waals surface area (Å²) in [5.41, 5.74) is 0.308. The summed E-state index contributed by atoms with van der Waals surface area (Å²) in [4.78, 5) is 3.87. The minimum absolute atomic E-state index is 0.285. The first-order valence-corrected chi connectivity index (χ1v) is 5.60. The lowest BCUT2D eigenvalue weighted by Gasteiger charge is -2.14. The Morgan fingerprint density at radius 3 is 2.94 bits per heavy atom. The summed E-state index contributed by atoms with van der Waals surface area (Å²) in [5.74, 6) is -0.288. The fourth-order valence-electron chi connectivity index (χ4n) is 1.66. The van der Waals surface area contributed by atoms with Gasteiger partial charge in [0, 0.05) is 24.6 Å². The first kappa shape index (κ1) is 12.6. The largest absolute Gasteiger partial charge is 0.343 e. The third kappa shape index (κ3) is 3.10. The molecular formula is C12H13F2N3O. The summed E-state index contributed by atoms with van der Waals surface area (Å²) >= 11 is 0. The van der Waals surface area contributed by atoms with Crippen LogP contribution in [0.15, 0.2) is 29.1 Å². The molecule has 4 nitrogen and oxygen atoms in total. The third-order valence-corrected chi connectivity index (χ3v) is 2.63. The van der Waals surface area contributed by atoms with Gasteiger partial charge in [-0.15, -0.1) is 0 Å². The molecule has 0 amide bonds. The van der Waals surface area contributed by atoms with Crippen LogP contribution in [0.1, 0.15) is 24.4 Å². The minimum atomic E-state index is -0.446. The highest BCUT2D eigenvalue weighted by Gasteiger charge is 2.11. The average molecular weight is 253 g/mol. The van der Waals surface area contributed by atoms with Crippen LogP contribution in [0.3, 0.4) is 0 Å². The van der Waals surface area contributed by atoms with Crippen molar-refractivity contribution in [2.75, 3.05) is 6.54 Å². The molecule has 1 N–H and O–H groups in total. The van der Waals surface area contributed by atoms with Gasteiger partial charge in [-0.05, 0) is 25.1 Å². The number of nitrogens with one attached hydrogen (secondary N) is 1. The van der Waals surface area contributed by atoms with Crippen molar-refractivity contribution in [3.05, 3.63) is 47.6 Å². The molecule has 18 heavy (non-hydrogen) atoms. The number of benzene rings is 1. The third-order valence-electron chi connectivity index (χ3n) is 2.63. The Balaban J connectivity index is 1.91. The summed E-state index contributed by atoms with van der Waals surface area (Å²) < 4.78 is 31.1. The van der Waals surface area contributed by atoms with Crippen molar-refractivity contribution >= 4 is 0 Å². The first-order valence-electron chi connectivity index (χ1n) is 5.60.